The molecule has 1 aromatic carbocycles. The third kappa shape index (κ3) is 6.25. The Morgan fingerprint density at radius 1 is 1.15 bits per heavy atom. The molecule has 1 unspecified atom stereocenters. The van der Waals surface area contributed by atoms with Crippen LogP contribution in [0.15, 0.2) is 18.2 Å². The second-order valence-corrected chi connectivity index (χ2v) is 6.69. The molecule has 1 aliphatic heterocycles. The summed E-state index contributed by atoms with van der Waals surface area (Å²) >= 11 is 5.54. The number of carbonyl (C=O) groups excluding carboxylic acids is 1. The van der Waals surface area contributed by atoms with Crippen molar-refractivity contribution in [2.45, 2.75) is 25.3 Å². The molecule has 1 aliphatic rings. The lowest BCUT2D eigenvalue weighted by atomic mass is 10.1. The molecule has 1 heterocycles. The van der Waals surface area contributed by atoms with Gasteiger partial charge in [0.1, 0.15) is 0 Å². The summed E-state index contributed by atoms with van der Waals surface area (Å²) < 4.78 is 75.8. The van der Waals surface area contributed by atoms with Gasteiger partial charge in [0, 0.05) is 31.9 Å². The molecule has 0 aromatic heterocycles. The van der Waals surface area contributed by atoms with Crippen molar-refractivity contribution in [2.75, 3.05) is 38.0 Å². The molecule has 2 rings (SSSR count). The Kier molecular flexibility index (Phi) is 6.64. The summed E-state index contributed by atoms with van der Waals surface area (Å²) in [7, 11) is 0. The third-order valence-corrected chi connectivity index (χ3v) is 4.61. The topological polar surface area (TPSA) is 35.6 Å². The molecule has 27 heavy (non-hydrogen) atoms. The van der Waals surface area contributed by atoms with Crippen LogP contribution in [0, 0.1) is 0 Å². The molecule has 0 saturated carbocycles. The Bertz CT molecular complexity index is 671. The van der Waals surface area contributed by atoms with E-state index >= 15 is 0 Å². The highest BCUT2D eigenvalue weighted by Gasteiger charge is 2.35. The molecule has 4 nitrogen and oxygen atoms in total. The van der Waals surface area contributed by atoms with Gasteiger partial charge in [-0.2, -0.15) is 26.3 Å². The van der Waals surface area contributed by atoms with Gasteiger partial charge in [0.2, 0.25) is 5.91 Å². The Morgan fingerprint density at radius 2 is 1.74 bits per heavy atom. The van der Waals surface area contributed by atoms with Crippen molar-refractivity contribution in [1.82, 2.24) is 9.80 Å². The fourth-order valence-corrected chi connectivity index (χ4v) is 3.02. The molecular formula is C16H18ClF6N3O. The first kappa shape index (κ1) is 21.8. The maximum Gasteiger partial charge on any atom is 0.417 e. The highest BCUT2D eigenvalue weighted by molar-refractivity contribution is 6.31. The summed E-state index contributed by atoms with van der Waals surface area (Å²) in [6, 6.07) is 2.33. The molecule has 1 atom stereocenters. The van der Waals surface area contributed by atoms with E-state index in [2.05, 4.69) is 5.32 Å². The van der Waals surface area contributed by atoms with E-state index < -0.39 is 41.4 Å². The monoisotopic (exact) mass is 417 g/mol. The van der Waals surface area contributed by atoms with Crippen molar-refractivity contribution < 1.29 is 31.1 Å². The zero-order chi connectivity index (χ0) is 20.4. The molecule has 152 valence electrons. The lowest BCUT2D eigenvalue weighted by molar-refractivity contribution is -0.150. The molecule has 0 bridgehead atoms. The van der Waals surface area contributed by atoms with E-state index in [1.54, 1.807) is 11.8 Å². The summed E-state index contributed by atoms with van der Waals surface area (Å²) in [4.78, 5) is 15.2. The van der Waals surface area contributed by atoms with Crippen molar-refractivity contribution in [3.63, 3.8) is 0 Å². The van der Waals surface area contributed by atoms with Crippen molar-refractivity contribution in [3.05, 3.63) is 28.8 Å². The van der Waals surface area contributed by atoms with E-state index in [-0.39, 0.29) is 31.9 Å². The van der Waals surface area contributed by atoms with Gasteiger partial charge < -0.3 is 5.32 Å². The minimum absolute atomic E-state index is 0.0562. The molecule has 0 aliphatic carbocycles. The zero-order valence-corrected chi connectivity index (χ0v) is 15.0. The Labute approximate surface area is 157 Å². The second-order valence-electron chi connectivity index (χ2n) is 6.28. The van der Waals surface area contributed by atoms with E-state index in [0.29, 0.717) is 0 Å². The van der Waals surface area contributed by atoms with Crippen molar-refractivity contribution in [1.29, 1.82) is 0 Å². The highest BCUT2D eigenvalue weighted by Crippen LogP contribution is 2.36. The molecule has 1 saturated heterocycles. The van der Waals surface area contributed by atoms with Gasteiger partial charge in [0.15, 0.2) is 0 Å². The Hall–Kier alpha value is -1.52. The van der Waals surface area contributed by atoms with Crippen molar-refractivity contribution >= 4 is 23.2 Å². The van der Waals surface area contributed by atoms with Gasteiger partial charge in [-0.3, -0.25) is 14.6 Å². The number of hydrogen-bond acceptors (Lipinski definition) is 3. The van der Waals surface area contributed by atoms with E-state index in [1.165, 1.54) is 11.0 Å². The summed E-state index contributed by atoms with van der Waals surface area (Å²) in [5, 5.41) is 1.92. The Morgan fingerprint density at radius 3 is 2.26 bits per heavy atom. The van der Waals surface area contributed by atoms with E-state index in [4.69, 9.17) is 11.6 Å². The van der Waals surface area contributed by atoms with Crippen molar-refractivity contribution in [3.8, 4) is 0 Å². The number of nitrogens with zero attached hydrogens (tertiary/aromatic N) is 2. The summed E-state index contributed by atoms with van der Waals surface area (Å²) in [5.41, 5.74) is -1.12. The fraction of sp³-hybridized carbons (Fsp3) is 0.562. The van der Waals surface area contributed by atoms with Gasteiger partial charge in [-0.25, -0.2) is 0 Å². The molecule has 1 fully saturated rings. The van der Waals surface area contributed by atoms with Crippen LogP contribution < -0.4 is 5.32 Å². The minimum atomic E-state index is -4.65. The smallest absolute Gasteiger partial charge is 0.325 e. The largest absolute Gasteiger partial charge is 0.417 e. The van der Waals surface area contributed by atoms with E-state index in [1.807, 2.05) is 0 Å². The van der Waals surface area contributed by atoms with Gasteiger partial charge in [-0.1, -0.05) is 11.6 Å². The van der Waals surface area contributed by atoms with Crippen LogP contribution in [0.1, 0.15) is 12.5 Å². The second kappa shape index (κ2) is 8.24. The van der Waals surface area contributed by atoms with Crippen LogP contribution in [0.5, 0.6) is 0 Å². The summed E-state index contributed by atoms with van der Waals surface area (Å²) in [6.07, 6.45) is -8.94. The third-order valence-electron chi connectivity index (χ3n) is 4.28. The predicted molar refractivity (Wildman–Crippen MR) is 88.6 cm³/mol. The molecule has 1 amide bonds. The quantitative estimate of drug-likeness (QED) is 0.756. The molecule has 1 N–H and O–H groups in total. The van der Waals surface area contributed by atoms with Gasteiger partial charge in [0.05, 0.1) is 23.2 Å². The first-order chi connectivity index (χ1) is 12.4. The van der Waals surface area contributed by atoms with Crippen LogP contribution in [0.2, 0.25) is 5.02 Å². The summed E-state index contributed by atoms with van der Waals surface area (Å²) in [6.45, 7) is 1.34. The molecule has 1 aromatic rings. The first-order valence-electron chi connectivity index (χ1n) is 8.07. The van der Waals surface area contributed by atoms with Crippen LogP contribution >= 0.6 is 11.6 Å². The fourth-order valence-electron chi connectivity index (χ4n) is 2.80. The SMILES string of the molecule is CC(C(=O)Nc1ccc(Cl)c(C(F)(F)F)c1)N1CCN(CC(F)(F)F)CC1. The van der Waals surface area contributed by atoms with Crippen LogP contribution in [0.25, 0.3) is 0 Å². The van der Waals surface area contributed by atoms with Crippen LogP contribution in [0.4, 0.5) is 32.0 Å². The number of anilines is 1. The number of nitrogens with one attached hydrogen (secondary N) is 1. The zero-order valence-electron chi connectivity index (χ0n) is 14.3. The molecular weight excluding hydrogens is 400 g/mol. The standard InChI is InChI=1S/C16H18ClF6N3O/c1-10(26-6-4-25(5-7-26)9-15(18,19)20)14(27)24-11-2-3-13(17)12(8-11)16(21,22)23/h2-3,8,10H,4-7,9H2,1H3,(H,24,27). The predicted octanol–water partition coefficient (Wildman–Crippen LogP) is 3.87. The molecule has 0 spiro atoms. The molecule has 0 radical (unpaired) electrons. The Balaban J connectivity index is 1.95. The lowest BCUT2D eigenvalue weighted by Crippen LogP contribution is -2.54. The lowest BCUT2D eigenvalue weighted by Gasteiger charge is -2.37. The average molecular weight is 418 g/mol. The highest BCUT2D eigenvalue weighted by atomic mass is 35.5. The van der Waals surface area contributed by atoms with E-state index in [0.717, 1.165) is 12.1 Å². The summed E-state index contributed by atoms with van der Waals surface area (Å²) in [5.74, 6) is -0.547. The van der Waals surface area contributed by atoms with Gasteiger partial charge in [0.25, 0.3) is 0 Å². The normalized spacial score (nSPS) is 18.4. The first-order valence-corrected chi connectivity index (χ1v) is 8.45. The van der Waals surface area contributed by atoms with Crippen molar-refractivity contribution in [2.24, 2.45) is 0 Å². The number of alkyl halides is 6. The number of benzene rings is 1. The number of hydrogen-bond donors (Lipinski definition) is 1. The minimum Gasteiger partial charge on any atom is -0.325 e. The number of rotatable bonds is 4. The number of carbonyl (C=O) groups is 1. The van der Waals surface area contributed by atoms with Crippen LogP contribution in [0.3, 0.4) is 0 Å². The van der Waals surface area contributed by atoms with Crippen LogP contribution in [-0.4, -0.2) is 60.6 Å². The van der Waals surface area contributed by atoms with E-state index in [9.17, 15) is 31.1 Å². The molecule has 11 heteroatoms. The van der Waals surface area contributed by atoms with Gasteiger partial charge in [-0.05, 0) is 25.1 Å². The number of halogens is 7. The number of amides is 1. The van der Waals surface area contributed by atoms with Gasteiger partial charge >= 0.3 is 12.4 Å². The maximum atomic E-state index is 12.9. The number of piperazine rings is 1. The maximum absolute atomic E-state index is 12.9. The van der Waals surface area contributed by atoms with Crippen LogP contribution in [-0.2, 0) is 11.0 Å². The average Bonchev–Trinajstić information content (AvgIpc) is 2.54. The van der Waals surface area contributed by atoms with Gasteiger partial charge in [-0.15, -0.1) is 0 Å².